The molecule has 1 aromatic carbocycles. The first-order chi connectivity index (χ1) is 8.17. The lowest BCUT2D eigenvalue weighted by Crippen LogP contribution is -2.33. The van der Waals surface area contributed by atoms with E-state index in [0.717, 1.165) is 30.8 Å². The van der Waals surface area contributed by atoms with Crippen LogP contribution in [0.3, 0.4) is 0 Å². The van der Waals surface area contributed by atoms with Gasteiger partial charge in [-0.15, -0.1) is 0 Å². The van der Waals surface area contributed by atoms with Crippen LogP contribution in [0.1, 0.15) is 19.8 Å². The number of ether oxygens (including phenoxy) is 1. The van der Waals surface area contributed by atoms with Crippen molar-refractivity contribution in [3.63, 3.8) is 0 Å². The smallest absolute Gasteiger partial charge is 0.146 e. The molecular weight excluding hydrogens is 216 g/mol. The highest BCUT2D eigenvalue weighted by Crippen LogP contribution is 2.43. The van der Waals surface area contributed by atoms with Crippen LogP contribution in [0.5, 0.6) is 5.75 Å². The maximum atomic E-state index is 6.06. The largest absolute Gasteiger partial charge is 0.494 e. The molecule has 6 N–H and O–H groups in total. The second-order valence-corrected chi connectivity index (χ2v) is 4.34. The molecule has 94 valence electrons. The average molecular weight is 236 g/mol. The Balaban J connectivity index is 2.37. The zero-order valence-electron chi connectivity index (χ0n) is 10.3. The van der Waals surface area contributed by atoms with Crippen molar-refractivity contribution in [1.29, 1.82) is 0 Å². The summed E-state index contributed by atoms with van der Waals surface area (Å²) >= 11 is 0. The summed E-state index contributed by atoms with van der Waals surface area (Å²) in [7, 11) is 1.59. The number of methoxy groups -OCH3 is 1. The van der Waals surface area contributed by atoms with Gasteiger partial charge >= 0.3 is 0 Å². The van der Waals surface area contributed by atoms with Crippen molar-refractivity contribution in [3.05, 3.63) is 6.07 Å². The summed E-state index contributed by atoms with van der Waals surface area (Å²) in [5, 5.41) is 6.77. The Morgan fingerprint density at radius 3 is 2.82 bits per heavy atom. The van der Waals surface area contributed by atoms with Crippen LogP contribution in [-0.4, -0.2) is 19.7 Å². The Bertz CT molecular complexity index is 419. The molecule has 1 heterocycles. The van der Waals surface area contributed by atoms with Crippen molar-refractivity contribution >= 4 is 22.7 Å². The molecule has 0 aromatic heterocycles. The molecule has 17 heavy (non-hydrogen) atoms. The number of hydrogen-bond donors (Lipinski definition) is 4. The molecule has 1 atom stereocenters. The predicted octanol–water partition coefficient (Wildman–Crippen LogP) is 1.87. The molecule has 1 unspecified atom stereocenters. The maximum Gasteiger partial charge on any atom is 0.146 e. The number of anilines is 4. The molecule has 0 saturated heterocycles. The van der Waals surface area contributed by atoms with Crippen molar-refractivity contribution in [2.24, 2.45) is 0 Å². The first kappa shape index (κ1) is 11.7. The Morgan fingerprint density at radius 2 is 2.18 bits per heavy atom. The topological polar surface area (TPSA) is 85.3 Å². The van der Waals surface area contributed by atoms with E-state index in [2.05, 4.69) is 17.6 Å². The number of nitrogens with one attached hydrogen (secondary N) is 2. The fourth-order valence-electron chi connectivity index (χ4n) is 2.21. The normalized spacial score (nSPS) is 17.9. The minimum absolute atomic E-state index is 0.390. The molecule has 5 heteroatoms. The molecule has 0 bridgehead atoms. The van der Waals surface area contributed by atoms with E-state index >= 15 is 0 Å². The van der Waals surface area contributed by atoms with Gasteiger partial charge in [-0.1, -0.05) is 13.3 Å². The van der Waals surface area contributed by atoms with Crippen molar-refractivity contribution < 1.29 is 4.74 Å². The summed E-state index contributed by atoms with van der Waals surface area (Å²) in [6.07, 6.45) is 2.23. The average Bonchev–Trinajstić information content (AvgIpc) is 2.34. The predicted molar refractivity (Wildman–Crippen MR) is 72.6 cm³/mol. The summed E-state index contributed by atoms with van der Waals surface area (Å²) in [5.74, 6) is 0.618. The lowest BCUT2D eigenvalue weighted by atomic mass is 10.1. The molecule has 1 aromatic rings. The highest BCUT2D eigenvalue weighted by molar-refractivity contribution is 5.94. The van der Waals surface area contributed by atoms with Crippen molar-refractivity contribution in [3.8, 4) is 5.75 Å². The number of fused-ring (bicyclic) bond motifs is 1. The van der Waals surface area contributed by atoms with Gasteiger partial charge < -0.3 is 26.8 Å². The minimum Gasteiger partial charge on any atom is -0.494 e. The van der Waals surface area contributed by atoms with Crippen LogP contribution in [0.2, 0.25) is 0 Å². The molecule has 0 spiro atoms. The van der Waals surface area contributed by atoms with Gasteiger partial charge in [0, 0.05) is 18.7 Å². The lowest BCUT2D eigenvalue weighted by Gasteiger charge is -2.30. The monoisotopic (exact) mass is 236 g/mol. The van der Waals surface area contributed by atoms with E-state index in [1.807, 2.05) is 0 Å². The van der Waals surface area contributed by atoms with Crippen LogP contribution in [0.15, 0.2) is 6.07 Å². The Morgan fingerprint density at radius 1 is 1.41 bits per heavy atom. The van der Waals surface area contributed by atoms with E-state index in [-0.39, 0.29) is 0 Å². The molecule has 2 rings (SSSR count). The van der Waals surface area contributed by atoms with Crippen LogP contribution < -0.4 is 26.8 Å². The standard InChI is InChI=1S/C12H20N4O/c1-3-4-7-6-15-11-8(13)5-9(17-2)10(14)12(11)16-7/h5,7,15-16H,3-4,6,13-14H2,1-2H3. The number of hydrogen-bond acceptors (Lipinski definition) is 5. The third-order valence-corrected chi connectivity index (χ3v) is 3.09. The second-order valence-electron chi connectivity index (χ2n) is 4.34. The van der Waals surface area contributed by atoms with Crippen LogP contribution in [0.25, 0.3) is 0 Å². The molecule has 1 aliphatic rings. The van der Waals surface area contributed by atoms with E-state index in [9.17, 15) is 0 Å². The van der Waals surface area contributed by atoms with Gasteiger partial charge in [0.05, 0.1) is 29.9 Å². The SMILES string of the molecule is CCCC1CNc2c(N)cc(OC)c(N)c2N1. The first-order valence-electron chi connectivity index (χ1n) is 5.93. The molecule has 0 aliphatic carbocycles. The fraction of sp³-hybridized carbons (Fsp3) is 0.500. The third kappa shape index (κ3) is 2.05. The Kier molecular flexibility index (Phi) is 3.17. The highest BCUT2D eigenvalue weighted by atomic mass is 16.5. The summed E-state index contributed by atoms with van der Waals surface area (Å²) in [6.45, 7) is 3.04. The Hall–Kier alpha value is -1.78. The van der Waals surface area contributed by atoms with Crippen molar-refractivity contribution in [2.45, 2.75) is 25.8 Å². The minimum atomic E-state index is 0.390. The third-order valence-electron chi connectivity index (χ3n) is 3.09. The van der Waals surface area contributed by atoms with Gasteiger partial charge in [-0.25, -0.2) is 0 Å². The van der Waals surface area contributed by atoms with Gasteiger partial charge in [0.2, 0.25) is 0 Å². The fourth-order valence-corrected chi connectivity index (χ4v) is 2.21. The zero-order valence-corrected chi connectivity index (χ0v) is 10.3. The van der Waals surface area contributed by atoms with Crippen molar-refractivity contribution in [2.75, 3.05) is 35.8 Å². The quantitative estimate of drug-likeness (QED) is 0.602. The second kappa shape index (κ2) is 4.61. The van der Waals surface area contributed by atoms with Gasteiger partial charge in [0.15, 0.2) is 0 Å². The summed E-state index contributed by atoms with van der Waals surface area (Å²) in [4.78, 5) is 0. The van der Waals surface area contributed by atoms with E-state index in [1.54, 1.807) is 13.2 Å². The van der Waals surface area contributed by atoms with Gasteiger partial charge in [-0.05, 0) is 6.42 Å². The summed E-state index contributed by atoms with van der Waals surface area (Å²) < 4.78 is 5.21. The number of benzene rings is 1. The van der Waals surface area contributed by atoms with Crippen LogP contribution in [-0.2, 0) is 0 Å². The van der Waals surface area contributed by atoms with E-state index < -0.39 is 0 Å². The van der Waals surface area contributed by atoms with Gasteiger partial charge in [0.25, 0.3) is 0 Å². The maximum absolute atomic E-state index is 6.06. The Labute approximate surface area is 102 Å². The van der Waals surface area contributed by atoms with Crippen LogP contribution in [0.4, 0.5) is 22.7 Å². The van der Waals surface area contributed by atoms with E-state index in [1.165, 1.54) is 0 Å². The van der Waals surface area contributed by atoms with Crippen LogP contribution >= 0.6 is 0 Å². The molecular formula is C12H20N4O. The molecule has 0 radical (unpaired) electrons. The van der Waals surface area contributed by atoms with E-state index in [4.69, 9.17) is 16.2 Å². The summed E-state index contributed by atoms with van der Waals surface area (Å²) in [5.41, 5.74) is 15.1. The number of rotatable bonds is 3. The lowest BCUT2D eigenvalue weighted by molar-refractivity contribution is 0.417. The number of nitrogen functional groups attached to an aromatic ring is 2. The molecule has 5 nitrogen and oxygen atoms in total. The zero-order chi connectivity index (χ0) is 12.4. The molecule has 0 fully saturated rings. The van der Waals surface area contributed by atoms with Gasteiger partial charge in [0.1, 0.15) is 5.75 Å². The van der Waals surface area contributed by atoms with E-state index in [0.29, 0.717) is 23.2 Å². The number of nitrogens with two attached hydrogens (primary N) is 2. The molecule has 0 amide bonds. The summed E-state index contributed by atoms with van der Waals surface area (Å²) in [6, 6.07) is 2.14. The van der Waals surface area contributed by atoms with Gasteiger partial charge in [-0.3, -0.25) is 0 Å². The van der Waals surface area contributed by atoms with Crippen molar-refractivity contribution in [1.82, 2.24) is 0 Å². The van der Waals surface area contributed by atoms with Gasteiger partial charge in [-0.2, -0.15) is 0 Å². The molecule has 0 saturated carbocycles. The first-order valence-corrected chi connectivity index (χ1v) is 5.93. The van der Waals surface area contributed by atoms with Crippen LogP contribution in [0, 0.1) is 0 Å². The molecule has 1 aliphatic heterocycles. The highest BCUT2D eigenvalue weighted by Gasteiger charge is 2.22.